The molecule has 0 fully saturated rings. The number of nitrogens with zero attached hydrogens (tertiary/aromatic N) is 1. The van der Waals surface area contributed by atoms with Crippen molar-refractivity contribution in [1.29, 1.82) is 5.26 Å². The molecule has 0 unspecified atom stereocenters. The van der Waals surface area contributed by atoms with Gasteiger partial charge in [0.2, 0.25) is 0 Å². The molecule has 0 saturated heterocycles. The summed E-state index contributed by atoms with van der Waals surface area (Å²) >= 11 is 2.76. The van der Waals surface area contributed by atoms with Crippen LogP contribution in [-0.4, -0.2) is 6.03 Å². The molecule has 6 heteroatoms. The number of hydrogen-bond acceptors (Lipinski definition) is 4. The van der Waals surface area contributed by atoms with Gasteiger partial charge in [0, 0.05) is 0 Å². The van der Waals surface area contributed by atoms with Crippen molar-refractivity contribution >= 4 is 38.7 Å². The fourth-order valence-electron chi connectivity index (χ4n) is 1.09. The van der Waals surface area contributed by atoms with Gasteiger partial charge in [0.25, 0.3) is 0 Å². The van der Waals surface area contributed by atoms with Crippen molar-refractivity contribution in [2.24, 2.45) is 0 Å². The Bertz CT molecular complexity index is 525. The summed E-state index contributed by atoms with van der Waals surface area (Å²) in [4.78, 5) is 11.5. The third kappa shape index (κ3) is 2.39. The van der Waals surface area contributed by atoms with Gasteiger partial charge in [-0.3, -0.25) is 10.6 Å². The van der Waals surface area contributed by atoms with Crippen LogP contribution >= 0.6 is 22.7 Å². The van der Waals surface area contributed by atoms with Gasteiger partial charge in [0.15, 0.2) is 0 Å². The third-order valence-electron chi connectivity index (χ3n) is 1.77. The zero-order valence-electron chi connectivity index (χ0n) is 8.06. The molecule has 0 aromatic carbocycles. The molecular weight excluding hydrogens is 242 g/mol. The van der Waals surface area contributed by atoms with Crippen LogP contribution in [0.5, 0.6) is 0 Å². The highest BCUT2D eigenvalue weighted by Crippen LogP contribution is 2.22. The zero-order chi connectivity index (χ0) is 11.4. The van der Waals surface area contributed by atoms with Gasteiger partial charge in [-0.15, -0.1) is 22.7 Å². The molecule has 2 N–H and O–H groups in total. The maximum absolute atomic E-state index is 11.5. The lowest BCUT2D eigenvalue weighted by atomic mass is 10.3. The molecule has 0 bridgehead atoms. The SMILES string of the molecule is N#Cc1ccsc1NC(=O)Nc1cccs1. The lowest BCUT2D eigenvalue weighted by molar-refractivity contribution is 0.262. The van der Waals surface area contributed by atoms with Crippen molar-refractivity contribution in [3.8, 4) is 6.07 Å². The Morgan fingerprint density at radius 2 is 2.12 bits per heavy atom. The van der Waals surface area contributed by atoms with E-state index in [0.29, 0.717) is 10.6 Å². The quantitative estimate of drug-likeness (QED) is 0.857. The standard InChI is InChI=1S/C10H7N3OS2/c11-6-7-3-5-16-9(7)13-10(14)12-8-2-1-4-15-8/h1-5H,(H2,12,13,14). The number of carbonyl (C=O) groups is 1. The van der Waals surface area contributed by atoms with E-state index in [9.17, 15) is 4.79 Å². The molecule has 0 radical (unpaired) electrons. The molecule has 2 aromatic rings. The van der Waals surface area contributed by atoms with Crippen LogP contribution in [0.15, 0.2) is 29.0 Å². The molecule has 16 heavy (non-hydrogen) atoms. The lowest BCUT2D eigenvalue weighted by Crippen LogP contribution is -2.18. The first-order chi connectivity index (χ1) is 7.79. The molecule has 0 atom stereocenters. The fourth-order valence-corrected chi connectivity index (χ4v) is 2.44. The largest absolute Gasteiger partial charge is 0.324 e. The Hall–Kier alpha value is -1.84. The summed E-state index contributed by atoms with van der Waals surface area (Å²) in [5.74, 6) is 0. The Morgan fingerprint density at radius 3 is 2.81 bits per heavy atom. The zero-order valence-corrected chi connectivity index (χ0v) is 9.69. The number of nitrogens with one attached hydrogen (secondary N) is 2. The van der Waals surface area contributed by atoms with E-state index in [1.165, 1.54) is 22.7 Å². The number of anilines is 2. The molecule has 4 nitrogen and oxygen atoms in total. The highest BCUT2D eigenvalue weighted by atomic mass is 32.1. The van der Waals surface area contributed by atoms with E-state index in [1.807, 2.05) is 23.6 Å². The molecule has 2 rings (SSSR count). The molecular formula is C10H7N3OS2. The fraction of sp³-hybridized carbons (Fsp3) is 0. The van der Waals surface area contributed by atoms with Crippen molar-refractivity contribution in [3.05, 3.63) is 34.5 Å². The topological polar surface area (TPSA) is 64.9 Å². The monoisotopic (exact) mass is 249 g/mol. The van der Waals surface area contributed by atoms with Crippen molar-refractivity contribution < 1.29 is 4.79 Å². The van der Waals surface area contributed by atoms with E-state index in [1.54, 1.807) is 11.4 Å². The normalized spacial score (nSPS) is 9.44. The van der Waals surface area contributed by atoms with Crippen molar-refractivity contribution in [2.45, 2.75) is 0 Å². The van der Waals surface area contributed by atoms with Gasteiger partial charge in [-0.05, 0) is 29.0 Å². The second-order valence-corrected chi connectivity index (χ2v) is 4.70. The second kappa shape index (κ2) is 4.79. The van der Waals surface area contributed by atoms with Gasteiger partial charge in [0.1, 0.15) is 11.1 Å². The van der Waals surface area contributed by atoms with Gasteiger partial charge in [-0.25, -0.2) is 4.79 Å². The number of hydrogen-bond donors (Lipinski definition) is 2. The first-order valence-corrected chi connectivity index (χ1v) is 6.14. The Labute approximate surface area is 100 Å². The average molecular weight is 249 g/mol. The van der Waals surface area contributed by atoms with Crippen LogP contribution in [0.3, 0.4) is 0 Å². The maximum atomic E-state index is 11.5. The summed E-state index contributed by atoms with van der Waals surface area (Å²) in [6.07, 6.45) is 0. The molecule has 0 spiro atoms. The van der Waals surface area contributed by atoms with E-state index in [0.717, 1.165) is 5.00 Å². The van der Waals surface area contributed by atoms with E-state index in [4.69, 9.17) is 5.26 Å². The van der Waals surface area contributed by atoms with Crippen molar-refractivity contribution in [1.82, 2.24) is 0 Å². The lowest BCUT2D eigenvalue weighted by Gasteiger charge is -2.03. The van der Waals surface area contributed by atoms with Gasteiger partial charge in [0.05, 0.1) is 10.6 Å². The van der Waals surface area contributed by atoms with Crippen molar-refractivity contribution in [2.75, 3.05) is 10.6 Å². The smallest absolute Gasteiger partial charge is 0.299 e. The Balaban J connectivity index is 2.01. The minimum absolute atomic E-state index is 0.332. The number of rotatable bonds is 2. The molecule has 0 aliphatic rings. The first-order valence-electron chi connectivity index (χ1n) is 4.38. The highest BCUT2D eigenvalue weighted by Gasteiger charge is 2.08. The molecule has 0 saturated carbocycles. The maximum Gasteiger partial charge on any atom is 0.324 e. The van der Waals surface area contributed by atoms with Crippen molar-refractivity contribution in [3.63, 3.8) is 0 Å². The van der Waals surface area contributed by atoms with Crippen LogP contribution in [0.2, 0.25) is 0 Å². The predicted octanol–water partition coefficient (Wildman–Crippen LogP) is 3.33. The third-order valence-corrected chi connectivity index (χ3v) is 3.39. The number of thiophene rings is 2. The summed E-state index contributed by atoms with van der Waals surface area (Å²) in [5, 5.41) is 19.1. The van der Waals surface area contributed by atoms with Crippen LogP contribution in [0.4, 0.5) is 14.8 Å². The van der Waals surface area contributed by atoms with Gasteiger partial charge in [-0.1, -0.05) is 0 Å². The van der Waals surface area contributed by atoms with Crippen LogP contribution in [0.1, 0.15) is 5.56 Å². The Morgan fingerprint density at radius 1 is 1.25 bits per heavy atom. The van der Waals surface area contributed by atoms with E-state index in [2.05, 4.69) is 10.6 Å². The number of carbonyl (C=O) groups excluding carboxylic acids is 1. The average Bonchev–Trinajstić information content (AvgIpc) is 2.88. The molecule has 0 aliphatic carbocycles. The van der Waals surface area contributed by atoms with Gasteiger partial charge >= 0.3 is 6.03 Å². The molecule has 0 aliphatic heterocycles. The molecule has 2 heterocycles. The number of amides is 2. The number of urea groups is 1. The molecule has 80 valence electrons. The number of nitriles is 1. The van der Waals surface area contributed by atoms with E-state index >= 15 is 0 Å². The highest BCUT2D eigenvalue weighted by molar-refractivity contribution is 7.15. The first kappa shape index (κ1) is 10.7. The summed E-state index contributed by atoms with van der Waals surface area (Å²) in [5.41, 5.74) is 0.478. The van der Waals surface area contributed by atoms with Gasteiger partial charge in [-0.2, -0.15) is 5.26 Å². The summed E-state index contributed by atoms with van der Waals surface area (Å²) in [7, 11) is 0. The second-order valence-electron chi connectivity index (χ2n) is 2.83. The minimum Gasteiger partial charge on any atom is -0.299 e. The molecule has 2 amide bonds. The van der Waals surface area contributed by atoms with Crippen LogP contribution < -0.4 is 10.6 Å². The van der Waals surface area contributed by atoms with E-state index < -0.39 is 0 Å². The summed E-state index contributed by atoms with van der Waals surface area (Å²) in [6, 6.07) is 7.01. The summed E-state index contributed by atoms with van der Waals surface area (Å²) in [6.45, 7) is 0. The van der Waals surface area contributed by atoms with Gasteiger partial charge < -0.3 is 0 Å². The molecule has 2 aromatic heterocycles. The predicted molar refractivity (Wildman–Crippen MR) is 66.0 cm³/mol. The van der Waals surface area contributed by atoms with Crippen LogP contribution in [0.25, 0.3) is 0 Å². The minimum atomic E-state index is -0.332. The van der Waals surface area contributed by atoms with Crippen LogP contribution in [0, 0.1) is 11.3 Å². The van der Waals surface area contributed by atoms with Crippen LogP contribution in [-0.2, 0) is 0 Å². The summed E-state index contributed by atoms with van der Waals surface area (Å²) < 4.78 is 0. The van der Waals surface area contributed by atoms with E-state index in [-0.39, 0.29) is 6.03 Å². The Kier molecular flexibility index (Phi) is 3.19.